The van der Waals surface area contributed by atoms with Crippen LogP contribution in [0.2, 0.25) is 0 Å². The van der Waals surface area contributed by atoms with Gasteiger partial charge < -0.3 is 11.5 Å². The summed E-state index contributed by atoms with van der Waals surface area (Å²) < 4.78 is 0. The van der Waals surface area contributed by atoms with Crippen molar-refractivity contribution in [2.24, 2.45) is 5.73 Å². The van der Waals surface area contributed by atoms with Crippen LogP contribution in [0.15, 0.2) is 18.3 Å². The number of rotatable bonds is 1. The Balaban J connectivity index is 3.07. The van der Waals surface area contributed by atoms with Gasteiger partial charge in [0.15, 0.2) is 0 Å². The summed E-state index contributed by atoms with van der Waals surface area (Å²) in [6.45, 7) is 0. The molecule has 0 atom stereocenters. The fourth-order valence-electron chi connectivity index (χ4n) is 0.582. The molecule has 0 fully saturated rings. The van der Waals surface area contributed by atoms with E-state index in [0.717, 1.165) is 0 Å². The third kappa shape index (κ3) is 1.41. The van der Waals surface area contributed by atoms with Gasteiger partial charge in [-0.15, -0.1) is 0 Å². The Hall–Kier alpha value is -1.16. The lowest BCUT2D eigenvalue weighted by atomic mass is 10.3. The molecule has 0 amide bonds. The zero-order chi connectivity index (χ0) is 7.56. The quantitative estimate of drug-likeness (QED) is 0.569. The minimum Gasteiger partial charge on any atom is -0.399 e. The smallest absolute Gasteiger partial charge is 0.122 e. The maximum Gasteiger partial charge on any atom is 0.122 e. The summed E-state index contributed by atoms with van der Waals surface area (Å²) in [7, 11) is 0. The van der Waals surface area contributed by atoms with E-state index in [4.69, 9.17) is 11.5 Å². The van der Waals surface area contributed by atoms with Gasteiger partial charge in [-0.25, -0.2) is 0 Å². The van der Waals surface area contributed by atoms with Crippen LogP contribution in [-0.4, -0.2) is 9.97 Å². The average molecular weight is 153 g/mol. The highest BCUT2D eigenvalue weighted by molar-refractivity contribution is 7.80. The zero-order valence-electron chi connectivity index (χ0n) is 5.24. The second kappa shape index (κ2) is 2.62. The van der Waals surface area contributed by atoms with E-state index in [1.807, 2.05) is 0 Å². The number of nitrogens with zero attached hydrogens (tertiary/aromatic N) is 1. The van der Waals surface area contributed by atoms with Crippen molar-refractivity contribution in [2.45, 2.75) is 0 Å². The van der Waals surface area contributed by atoms with E-state index in [9.17, 15) is 0 Å². The molecule has 3 nitrogen and oxygen atoms in total. The lowest BCUT2D eigenvalue weighted by Crippen LogP contribution is -2.11. The molecule has 0 bridgehead atoms. The molecule has 0 saturated heterocycles. The number of aromatic nitrogens is 1. The first-order valence-electron chi connectivity index (χ1n) is 2.71. The number of nitrogens with two attached hydrogens (primary N) is 2. The largest absolute Gasteiger partial charge is 0.399 e. The van der Waals surface area contributed by atoms with Gasteiger partial charge in [-0.1, -0.05) is 12.2 Å². The van der Waals surface area contributed by atoms with Gasteiger partial charge >= 0.3 is 0 Å². The summed E-state index contributed by atoms with van der Waals surface area (Å²) in [5.74, 6) is 0. The van der Waals surface area contributed by atoms with E-state index in [1.165, 1.54) is 0 Å². The summed E-state index contributed by atoms with van der Waals surface area (Å²) >= 11 is 4.68. The van der Waals surface area contributed by atoms with Crippen LogP contribution in [0.3, 0.4) is 0 Å². The minimum atomic E-state index is 0.271. The molecule has 1 rings (SSSR count). The molecule has 0 aliphatic heterocycles. The van der Waals surface area contributed by atoms with E-state index in [1.54, 1.807) is 18.3 Å². The van der Waals surface area contributed by atoms with Crippen LogP contribution >= 0.6 is 12.2 Å². The van der Waals surface area contributed by atoms with E-state index < -0.39 is 0 Å². The van der Waals surface area contributed by atoms with Crippen molar-refractivity contribution in [3.63, 3.8) is 0 Å². The van der Waals surface area contributed by atoms with E-state index in [-0.39, 0.29) is 4.99 Å². The molecule has 0 unspecified atom stereocenters. The molecular formula is C6H7N3S. The molecule has 1 aromatic rings. The van der Waals surface area contributed by atoms with Crippen LogP contribution in [0.4, 0.5) is 5.69 Å². The predicted octanol–water partition coefficient (Wildman–Crippen LogP) is 0.298. The zero-order valence-corrected chi connectivity index (χ0v) is 6.06. The first-order chi connectivity index (χ1) is 4.70. The topological polar surface area (TPSA) is 64.9 Å². The monoisotopic (exact) mass is 153 g/mol. The van der Waals surface area contributed by atoms with Gasteiger partial charge in [-0.2, -0.15) is 0 Å². The van der Waals surface area contributed by atoms with Crippen LogP contribution in [0.5, 0.6) is 0 Å². The number of pyridine rings is 1. The van der Waals surface area contributed by atoms with Gasteiger partial charge in [-0.05, 0) is 12.1 Å². The van der Waals surface area contributed by atoms with Gasteiger partial charge in [-0.3, -0.25) is 4.98 Å². The van der Waals surface area contributed by atoms with E-state index in [2.05, 4.69) is 17.2 Å². The van der Waals surface area contributed by atoms with Gasteiger partial charge in [0.25, 0.3) is 0 Å². The Morgan fingerprint density at radius 1 is 1.60 bits per heavy atom. The SMILES string of the molecule is NC(=S)c1cc(N)ccn1. The summed E-state index contributed by atoms with van der Waals surface area (Å²) in [6.07, 6.45) is 1.57. The van der Waals surface area contributed by atoms with Crippen molar-refractivity contribution >= 4 is 22.9 Å². The average Bonchev–Trinajstić information content (AvgIpc) is 1.88. The second-order valence-corrected chi connectivity index (χ2v) is 2.28. The molecule has 4 N–H and O–H groups in total. The van der Waals surface area contributed by atoms with Crippen molar-refractivity contribution in [3.05, 3.63) is 24.0 Å². The van der Waals surface area contributed by atoms with Crippen LogP contribution in [0, 0.1) is 0 Å². The molecule has 1 aromatic heterocycles. The number of anilines is 1. The van der Waals surface area contributed by atoms with Crippen molar-refractivity contribution in [1.82, 2.24) is 4.98 Å². The number of hydrogen-bond acceptors (Lipinski definition) is 3. The Labute approximate surface area is 64.1 Å². The Bertz CT molecular complexity index is 259. The van der Waals surface area contributed by atoms with Crippen LogP contribution < -0.4 is 11.5 Å². The Morgan fingerprint density at radius 3 is 2.70 bits per heavy atom. The Morgan fingerprint density at radius 2 is 2.30 bits per heavy atom. The highest BCUT2D eigenvalue weighted by Gasteiger charge is 1.95. The van der Waals surface area contributed by atoms with Crippen molar-refractivity contribution in [1.29, 1.82) is 0 Å². The molecule has 4 heteroatoms. The summed E-state index contributed by atoms with van der Waals surface area (Å²) in [4.78, 5) is 4.16. The number of nitrogen functional groups attached to an aromatic ring is 1. The van der Waals surface area contributed by atoms with Crippen molar-refractivity contribution < 1.29 is 0 Å². The molecule has 1 heterocycles. The van der Waals surface area contributed by atoms with Crippen LogP contribution in [-0.2, 0) is 0 Å². The van der Waals surface area contributed by atoms with Crippen LogP contribution in [0.25, 0.3) is 0 Å². The summed E-state index contributed by atoms with van der Waals surface area (Å²) in [5.41, 5.74) is 11.9. The third-order valence-corrected chi connectivity index (χ3v) is 1.25. The molecular weight excluding hydrogens is 146 g/mol. The van der Waals surface area contributed by atoms with Gasteiger partial charge in [0, 0.05) is 11.9 Å². The normalized spacial score (nSPS) is 9.20. The molecule has 0 radical (unpaired) electrons. The molecule has 0 spiro atoms. The van der Waals surface area contributed by atoms with E-state index in [0.29, 0.717) is 11.4 Å². The van der Waals surface area contributed by atoms with Crippen molar-refractivity contribution in [3.8, 4) is 0 Å². The lowest BCUT2D eigenvalue weighted by Gasteiger charge is -1.96. The first-order valence-corrected chi connectivity index (χ1v) is 3.12. The maximum atomic E-state index is 5.44. The molecule has 0 aromatic carbocycles. The fourth-order valence-corrected chi connectivity index (χ4v) is 0.693. The number of hydrogen-bond donors (Lipinski definition) is 2. The van der Waals surface area contributed by atoms with Gasteiger partial charge in [0.05, 0.1) is 5.69 Å². The summed E-state index contributed by atoms with van der Waals surface area (Å²) in [6, 6.07) is 3.32. The van der Waals surface area contributed by atoms with Crippen molar-refractivity contribution in [2.75, 3.05) is 5.73 Å². The second-order valence-electron chi connectivity index (χ2n) is 1.84. The van der Waals surface area contributed by atoms with Gasteiger partial charge in [0.1, 0.15) is 4.99 Å². The third-order valence-electron chi connectivity index (χ3n) is 1.04. The fraction of sp³-hybridized carbons (Fsp3) is 0. The standard InChI is InChI=1S/C6H7N3S/c7-4-1-2-9-5(3-4)6(8)10/h1-3H,(H2,7,9)(H2,8,10). The summed E-state index contributed by atoms with van der Waals surface area (Å²) in [5, 5.41) is 0. The molecule has 10 heavy (non-hydrogen) atoms. The van der Waals surface area contributed by atoms with Crippen LogP contribution in [0.1, 0.15) is 5.69 Å². The molecule has 52 valence electrons. The van der Waals surface area contributed by atoms with E-state index >= 15 is 0 Å². The van der Waals surface area contributed by atoms with Gasteiger partial charge in [0.2, 0.25) is 0 Å². The highest BCUT2D eigenvalue weighted by atomic mass is 32.1. The highest BCUT2D eigenvalue weighted by Crippen LogP contribution is 2.01. The molecule has 0 aliphatic carbocycles. The number of thiocarbonyl (C=S) groups is 1. The predicted molar refractivity (Wildman–Crippen MR) is 44.5 cm³/mol. The minimum absolute atomic E-state index is 0.271. The first kappa shape index (κ1) is 6.95. The Kier molecular flexibility index (Phi) is 1.82. The molecule has 0 saturated carbocycles. The maximum absolute atomic E-state index is 5.44. The molecule has 0 aliphatic rings. The lowest BCUT2D eigenvalue weighted by molar-refractivity contribution is 1.29.